The maximum absolute atomic E-state index is 12.1. The third-order valence-electron chi connectivity index (χ3n) is 3.30. The first-order valence-electron chi connectivity index (χ1n) is 6.51. The van der Waals surface area contributed by atoms with Crippen molar-refractivity contribution < 1.29 is 4.79 Å². The quantitative estimate of drug-likeness (QED) is 0.764. The lowest BCUT2D eigenvalue weighted by molar-refractivity contribution is -0.115. The van der Waals surface area contributed by atoms with Crippen LogP contribution in [0.2, 0.25) is 0 Å². The van der Waals surface area contributed by atoms with Gasteiger partial charge < -0.3 is 10.3 Å². The summed E-state index contributed by atoms with van der Waals surface area (Å²) in [6, 6.07) is 13.5. The Hall–Kier alpha value is -2.62. The van der Waals surface area contributed by atoms with Gasteiger partial charge in [0.05, 0.1) is 6.42 Å². The van der Waals surface area contributed by atoms with Gasteiger partial charge in [-0.15, -0.1) is 0 Å². The number of pyridine rings is 1. The van der Waals surface area contributed by atoms with E-state index in [-0.39, 0.29) is 5.91 Å². The van der Waals surface area contributed by atoms with Gasteiger partial charge in [0.25, 0.3) is 0 Å². The Kier molecular flexibility index (Phi) is 3.21. The van der Waals surface area contributed by atoms with Gasteiger partial charge in [0.1, 0.15) is 5.82 Å². The topological polar surface area (TPSA) is 57.8 Å². The monoisotopic (exact) mass is 265 g/mol. The van der Waals surface area contributed by atoms with Crippen LogP contribution in [0, 0.1) is 6.92 Å². The van der Waals surface area contributed by atoms with Crippen LogP contribution in [-0.2, 0) is 11.2 Å². The standard InChI is InChI=1S/C16H15N3O/c1-11-13(12-6-2-3-7-14(12)18-11)10-16(20)19-15-8-4-5-9-17-15/h2-9,18H,10H2,1H3,(H,17,19,20). The normalized spacial score (nSPS) is 10.7. The average molecular weight is 265 g/mol. The number of rotatable bonds is 3. The van der Waals surface area contributed by atoms with E-state index in [0.717, 1.165) is 22.2 Å². The van der Waals surface area contributed by atoms with E-state index in [1.165, 1.54) is 0 Å². The molecule has 0 saturated carbocycles. The fourth-order valence-corrected chi connectivity index (χ4v) is 2.35. The van der Waals surface area contributed by atoms with Crippen LogP contribution < -0.4 is 5.32 Å². The van der Waals surface area contributed by atoms with Gasteiger partial charge in [0.2, 0.25) is 5.91 Å². The molecule has 2 aromatic heterocycles. The van der Waals surface area contributed by atoms with E-state index in [1.807, 2.05) is 43.3 Å². The lowest BCUT2D eigenvalue weighted by Gasteiger charge is -2.04. The van der Waals surface area contributed by atoms with Crippen LogP contribution in [0.25, 0.3) is 10.9 Å². The summed E-state index contributed by atoms with van der Waals surface area (Å²) in [5, 5.41) is 3.91. The first kappa shape index (κ1) is 12.4. The zero-order valence-corrected chi connectivity index (χ0v) is 11.2. The highest BCUT2D eigenvalue weighted by molar-refractivity contribution is 5.95. The fraction of sp³-hybridized carbons (Fsp3) is 0.125. The molecule has 1 aromatic carbocycles. The maximum Gasteiger partial charge on any atom is 0.230 e. The van der Waals surface area contributed by atoms with E-state index in [4.69, 9.17) is 0 Å². The first-order valence-corrected chi connectivity index (χ1v) is 6.51. The number of nitrogens with zero attached hydrogens (tertiary/aromatic N) is 1. The van der Waals surface area contributed by atoms with Gasteiger partial charge in [-0.3, -0.25) is 4.79 Å². The number of aryl methyl sites for hydroxylation is 1. The highest BCUT2D eigenvalue weighted by Crippen LogP contribution is 2.22. The van der Waals surface area contributed by atoms with E-state index in [1.54, 1.807) is 12.3 Å². The van der Waals surface area contributed by atoms with Crippen molar-refractivity contribution in [3.8, 4) is 0 Å². The SMILES string of the molecule is Cc1[nH]c2ccccc2c1CC(=O)Nc1ccccn1. The van der Waals surface area contributed by atoms with E-state index < -0.39 is 0 Å². The third kappa shape index (κ3) is 2.40. The van der Waals surface area contributed by atoms with E-state index in [2.05, 4.69) is 15.3 Å². The summed E-state index contributed by atoms with van der Waals surface area (Å²) < 4.78 is 0. The Balaban J connectivity index is 1.83. The van der Waals surface area contributed by atoms with Gasteiger partial charge in [0.15, 0.2) is 0 Å². The number of aromatic nitrogens is 2. The third-order valence-corrected chi connectivity index (χ3v) is 3.30. The predicted octanol–water partition coefficient (Wildman–Crippen LogP) is 3.05. The van der Waals surface area contributed by atoms with Gasteiger partial charge in [-0.25, -0.2) is 4.98 Å². The Morgan fingerprint density at radius 3 is 2.80 bits per heavy atom. The Labute approximate surface area is 116 Å². The molecule has 0 aliphatic rings. The zero-order valence-electron chi connectivity index (χ0n) is 11.2. The molecule has 0 spiro atoms. The largest absolute Gasteiger partial charge is 0.358 e. The molecule has 3 rings (SSSR count). The average Bonchev–Trinajstić information content (AvgIpc) is 2.76. The molecule has 20 heavy (non-hydrogen) atoms. The van der Waals surface area contributed by atoms with Gasteiger partial charge >= 0.3 is 0 Å². The highest BCUT2D eigenvalue weighted by Gasteiger charge is 2.12. The highest BCUT2D eigenvalue weighted by atomic mass is 16.1. The van der Waals surface area contributed by atoms with Crippen LogP contribution in [0.5, 0.6) is 0 Å². The van der Waals surface area contributed by atoms with Gasteiger partial charge in [-0.05, 0) is 30.7 Å². The maximum atomic E-state index is 12.1. The molecule has 3 aromatic rings. The number of amides is 1. The molecule has 0 radical (unpaired) electrons. The summed E-state index contributed by atoms with van der Waals surface area (Å²) in [4.78, 5) is 19.5. The molecule has 0 bridgehead atoms. The fourth-order valence-electron chi connectivity index (χ4n) is 2.35. The summed E-state index contributed by atoms with van der Waals surface area (Å²) in [7, 11) is 0. The molecule has 1 amide bonds. The molecule has 0 saturated heterocycles. The number of carbonyl (C=O) groups excluding carboxylic acids is 1. The number of anilines is 1. The number of fused-ring (bicyclic) bond motifs is 1. The summed E-state index contributed by atoms with van der Waals surface area (Å²) in [5.74, 6) is 0.520. The van der Waals surface area contributed by atoms with Crippen molar-refractivity contribution in [2.24, 2.45) is 0 Å². The second-order valence-electron chi connectivity index (χ2n) is 4.71. The second kappa shape index (κ2) is 5.17. The lowest BCUT2D eigenvalue weighted by atomic mass is 10.1. The van der Waals surface area contributed by atoms with Crippen LogP contribution in [0.4, 0.5) is 5.82 Å². The molecule has 2 heterocycles. The molecular formula is C16H15N3O. The van der Waals surface area contributed by atoms with Crippen molar-refractivity contribution in [1.29, 1.82) is 0 Å². The number of carbonyl (C=O) groups is 1. The van der Waals surface area contributed by atoms with E-state index >= 15 is 0 Å². The number of hydrogen-bond donors (Lipinski definition) is 2. The number of aromatic amines is 1. The minimum absolute atomic E-state index is 0.0587. The lowest BCUT2D eigenvalue weighted by Crippen LogP contribution is -2.15. The molecule has 2 N–H and O–H groups in total. The van der Waals surface area contributed by atoms with Gasteiger partial charge in [-0.2, -0.15) is 0 Å². The molecule has 0 fully saturated rings. The van der Waals surface area contributed by atoms with Crippen LogP contribution in [0.15, 0.2) is 48.7 Å². The van der Waals surface area contributed by atoms with Crippen molar-refractivity contribution in [3.63, 3.8) is 0 Å². The van der Waals surface area contributed by atoms with Crippen molar-refractivity contribution in [3.05, 3.63) is 59.9 Å². The second-order valence-corrected chi connectivity index (χ2v) is 4.71. The van der Waals surface area contributed by atoms with Gasteiger partial charge in [-0.1, -0.05) is 24.3 Å². The van der Waals surface area contributed by atoms with Crippen molar-refractivity contribution >= 4 is 22.6 Å². The van der Waals surface area contributed by atoms with E-state index in [0.29, 0.717) is 12.2 Å². The van der Waals surface area contributed by atoms with E-state index in [9.17, 15) is 4.79 Å². The molecule has 4 heteroatoms. The van der Waals surface area contributed by atoms with Crippen molar-refractivity contribution in [2.45, 2.75) is 13.3 Å². The number of nitrogens with one attached hydrogen (secondary N) is 2. The number of hydrogen-bond acceptors (Lipinski definition) is 2. The Morgan fingerprint density at radius 1 is 1.20 bits per heavy atom. The minimum Gasteiger partial charge on any atom is -0.358 e. The van der Waals surface area contributed by atoms with Crippen molar-refractivity contribution in [2.75, 3.05) is 5.32 Å². The predicted molar refractivity (Wildman–Crippen MR) is 79.6 cm³/mol. The molecule has 4 nitrogen and oxygen atoms in total. The van der Waals surface area contributed by atoms with Crippen molar-refractivity contribution in [1.82, 2.24) is 9.97 Å². The Bertz CT molecular complexity index is 747. The molecule has 0 aliphatic heterocycles. The minimum atomic E-state index is -0.0587. The van der Waals surface area contributed by atoms with Crippen LogP contribution >= 0.6 is 0 Å². The molecular weight excluding hydrogens is 250 g/mol. The summed E-state index contributed by atoms with van der Waals surface area (Å²) in [6.07, 6.45) is 2.00. The zero-order chi connectivity index (χ0) is 13.9. The van der Waals surface area contributed by atoms with Crippen LogP contribution in [0.1, 0.15) is 11.3 Å². The first-order chi connectivity index (χ1) is 9.74. The Morgan fingerprint density at radius 2 is 2.00 bits per heavy atom. The summed E-state index contributed by atoms with van der Waals surface area (Å²) in [5.41, 5.74) is 3.13. The number of para-hydroxylation sites is 1. The smallest absolute Gasteiger partial charge is 0.230 e. The summed E-state index contributed by atoms with van der Waals surface area (Å²) >= 11 is 0. The van der Waals surface area contributed by atoms with Crippen LogP contribution in [0.3, 0.4) is 0 Å². The molecule has 0 aliphatic carbocycles. The molecule has 100 valence electrons. The number of H-pyrrole nitrogens is 1. The van der Waals surface area contributed by atoms with Gasteiger partial charge in [0, 0.05) is 22.8 Å². The summed E-state index contributed by atoms with van der Waals surface area (Å²) in [6.45, 7) is 1.99. The molecule has 0 unspecified atom stereocenters. The molecule has 0 atom stereocenters. The number of benzene rings is 1. The van der Waals surface area contributed by atoms with Crippen LogP contribution in [-0.4, -0.2) is 15.9 Å².